The lowest BCUT2D eigenvalue weighted by Crippen LogP contribution is -2.43. The van der Waals surface area contributed by atoms with E-state index in [0.29, 0.717) is 6.04 Å². The van der Waals surface area contributed by atoms with Gasteiger partial charge in [0.1, 0.15) is 10.7 Å². The molecule has 2 aromatic rings. The smallest absolute Gasteiger partial charge is 0.209 e. The average molecular weight is 411 g/mol. The Kier molecular flexibility index (Phi) is 5.79. The summed E-state index contributed by atoms with van der Waals surface area (Å²) in [7, 11) is -1.69. The van der Waals surface area contributed by atoms with Gasteiger partial charge in [0.2, 0.25) is 9.84 Å². The molecule has 0 aromatic heterocycles. The molecule has 146 valence electrons. The summed E-state index contributed by atoms with van der Waals surface area (Å²) in [6.45, 7) is 3.11. The maximum Gasteiger partial charge on any atom is 0.209 e. The number of fused-ring (bicyclic) bond motifs is 1. The van der Waals surface area contributed by atoms with E-state index in [1.54, 1.807) is 18.2 Å². The van der Waals surface area contributed by atoms with Crippen molar-refractivity contribution >= 4 is 27.9 Å². The number of sulfone groups is 1. The van der Waals surface area contributed by atoms with Gasteiger partial charge in [0.25, 0.3) is 0 Å². The van der Waals surface area contributed by atoms with Gasteiger partial charge in [-0.15, -0.1) is 12.4 Å². The Morgan fingerprint density at radius 2 is 1.74 bits per heavy atom. The lowest BCUT2D eigenvalue weighted by molar-refractivity contribution is 0.251. The van der Waals surface area contributed by atoms with Crippen LogP contribution in [-0.4, -0.2) is 46.0 Å². The van der Waals surface area contributed by atoms with Gasteiger partial charge in [-0.3, -0.25) is 0 Å². The third-order valence-electron chi connectivity index (χ3n) is 5.55. The molecule has 4 nitrogen and oxygen atoms in total. The molecule has 2 aromatic carbocycles. The van der Waals surface area contributed by atoms with Crippen molar-refractivity contribution in [1.29, 1.82) is 0 Å². The van der Waals surface area contributed by atoms with Crippen molar-refractivity contribution in [1.82, 2.24) is 4.90 Å². The molecule has 7 heteroatoms. The zero-order chi connectivity index (χ0) is 18.3. The van der Waals surface area contributed by atoms with Gasteiger partial charge in [0, 0.05) is 18.3 Å². The van der Waals surface area contributed by atoms with Crippen molar-refractivity contribution < 1.29 is 12.8 Å². The largest absolute Gasteiger partial charge is 0.368 e. The van der Waals surface area contributed by atoms with Crippen molar-refractivity contribution in [2.75, 3.05) is 31.6 Å². The van der Waals surface area contributed by atoms with Gasteiger partial charge < -0.3 is 9.80 Å². The van der Waals surface area contributed by atoms with Crippen LogP contribution in [-0.2, 0) is 16.3 Å². The number of hydrogen-bond acceptors (Lipinski definition) is 4. The average Bonchev–Trinajstić information content (AvgIpc) is 3.06. The van der Waals surface area contributed by atoms with Crippen LogP contribution in [0.2, 0.25) is 0 Å². The predicted octanol–water partition coefficient (Wildman–Crippen LogP) is 3.54. The van der Waals surface area contributed by atoms with Crippen LogP contribution in [0.5, 0.6) is 0 Å². The highest BCUT2D eigenvalue weighted by Gasteiger charge is 2.30. The third-order valence-corrected chi connectivity index (χ3v) is 7.33. The Hall–Kier alpha value is -1.63. The first-order valence-electron chi connectivity index (χ1n) is 9.04. The SMILES string of the molecule is CN1CCC(N2CCc3cc(S(=O)(=O)c4ccccc4F)ccc32)CC1.Cl. The molecule has 1 saturated heterocycles. The summed E-state index contributed by atoms with van der Waals surface area (Å²) in [4.78, 5) is 4.68. The van der Waals surface area contributed by atoms with Crippen LogP contribution in [0.3, 0.4) is 0 Å². The van der Waals surface area contributed by atoms with E-state index in [2.05, 4.69) is 16.8 Å². The first-order valence-corrected chi connectivity index (χ1v) is 10.5. The first-order chi connectivity index (χ1) is 12.5. The van der Waals surface area contributed by atoms with Crippen LogP contribution < -0.4 is 4.90 Å². The molecule has 2 aliphatic rings. The normalized spacial score (nSPS) is 18.2. The van der Waals surface area contributed by atoms with E-state index in [1.165, 1.54) is 18.2 Å². The minimum atomic E-state index is -3.84. The Bertz CT molecular complexity index is 927. The van der Waals surface area contributed by atoms with Crippen LogP contribution in [0.25, 0.3) is 0 Å². The van der Waals surface area contributed by atoms with E-state index in [1.807, 2.05) is 6.07 Å². The van der Waals surface area contributed by atoms with Gasteiger partial charge in [0.15, 0.2) is 0 Å². The fourth-order valence-electron chi connectivity index (χ4n) is 4.05. The van der Waals surface area contributed by atoms with Crippen LogP contribution >= 0.6 is 12.4 Å². The number of nitrogens with zero attached hydrogens (tertiary/aromatic N) is 2. The summed E-state index contributed by atoms with van der Waals surface area (Å²) in [5.74, 6) is -0.707. The highest BCUT2D eigenvalue weighted by molar-refractivity contribution is 7.91. The number of likely N-dealkylation sites (tertiary alicyclic amines) is 1. The number of hydrogen-bond donors (Lipinski definition) is 0. The number of benzene rings is 2. The standard InChI is InChI=1S/C20H23FN2O2S.ClH/c1-22-11-9-16(10-12-22)23-13-8-15-14-17(6-7-19(15)23)26(24,25)20-5-3-2-4-18(20)21;/h2-7,14,16H,8-13H2,1H3;1H. The first kappa shape index (κ1) is 20.1. The number of piperidine rings is 1. The molecular formula is C20H24ClFN2O2S. The Labute approximate surface area is 166 Å². The van der Waals surface area contributed by atoms with Gasteiger partial charge in [0.05, 0.1) is 4.90 Å². The lowest BCUT2D eigenvalue weighted by Gasteiger charge is -2.36. The molecule has 4 rings (SSSR count). The minimum absolute atomic E-state index is 0. The fourth-order valence-corrected chi connectivity index (χ4v) is 5.43. The Morgan fingerprint density at radius 3 is 2.44 bits per heavy atom. The van der Waals surface area contributed by atoms with E-state index < -0.39 is 15.7 Å². The highest BCUT2D eigenvalue weighted by atomic mass is 35.5. The molecule has 2 aliphatic heterocycles. The molecule has 27 heavy (non-hydrogen) atoms. The summed E-state index contributed by atoms with van der Waals surface area (Å²) >= 11 is 0. The van der Waals surface area contributed by atoms with Crippen molar-refractivity contribution in [3.05, 3.63) is 53.8 Å². The molecule has 2 heterocycles. The van der Waals surface area contributed by atoms with Crippen LogP contribution in [0.1, 0.15) is 18.4 Å². The molecule has 0 radical (unpaired) electrons. The topological polar surface area (TPSA) is 40.6 Å². The van der Waals surface area contributed by atoms with Gasteiger partial charge >= 0.3 is 0 Å². The van der Waals surface area contributed by atoms with E-state index in [-0.39, 0.29) is 22.2 Å². The summed E-state index contributed by atoms with van der Waals surface area (Å²) in [5.41, 5.74) is 2.17. The molecule has 0 saturated carbocycles. The highest BCUT2D eigenvalue weighted by Crippen LogP contribution is 2.35. The molecule has 0 bridgehead atoms. The van der Waals surface area contributed by atoms with E-state index in [0.717, 1.165) is 50.1 Å². The van der Waals surface area contributed by atoms with Crippen LogP contribution in [0, 0.1) is 5.82 Å². The molecule has 0 amide bonds. The molecule has 1 fully saturated rings. The molecule has 0 unspecified atom stereocenters. The second-order valence-corrected chi connectivity index (χ2v) is 9.12. The van der Waals surface area contributed by atoms with Gasteiger partial charge in [-0.2, -0.15) is 0 Å². The number of halogens is 2. The Balaban J connectivity index is 0.00000210. The number of anilines is 1. The summed E-state index contributed by atoms with van der Waals surface area (Å²) < 4.78 is 39.6. The van der Waals surface area contributed by atoms with Crippen molar-refractivity contribution in [2.45, 2.75) is 35.1 Å². The van der Waals surface area contributed by atoms with E-state index >= 15 is 0 Å². The van der Waals surface area contributed by atoms with Crippen LogP contribution in [0.4, 0.5) is 10.1 Å². The predicted molar refractivity (Wildman–Crippen MR) is 107 cm³/mol. The molecule has 0 aliphatic carbocycles. The quantitative estimate of drug-likeness (QED) is 0.776. The summed E-state index contributed by atoms with van der Waals surface area (Å²) in [6, 6.07) is 11.3. The minimum Gasteiger partial charge on any atom is -0.368 e. The van der Waals surface area contributed by atoms with Crippen LogP contribution in [0.15, 0.2) is 52.3 Å². The molecule has 0 N–H and O–H groups in total. The maximum atomic E-state index is 14.0. The molecule has 0 atom stereocenters. The van der Waals surface area contributed by atoms with E-state index in [9.17, 15) is 12.8 Å². The Morgan fingerprint density at radius 1 is 1.04 bits per heavy atom. The zero-order valence-electron chi connectivity index (χ0n) is 15.3. The monoisotopic (exact) mass is 410 g/mol. The van der Waals surface area contributed by atoms with Crippen molar-refractivity contribution in [3.63, 3.8) is 0 Å². The van der Waals surface area contributed by atoms with E-state index in [4.69, 9.17) is 0 Å². The summed E-state index contributed by atoms with van der Waals surface area (Å²) in [5, 5.41) is 0. The lowest BCUT2D eigenvalue weighted by atomic mass is 10.0. The second-order valence-electron chi connectivity index (χ2n) is 7.20. The fraction of sp³-hybridized carbons (Fsp3) is 0.400. The summed E-state index contributed by atoms with van der Waals surface area (Å²) in [6.07, 6.45) is 3.10. The molecule has 0 spiro atoms. The number of rotatable bonds is 3. The van der Waals surface area contributed by atoms with Crippen molar-refractivity contribution in [3.8, 4) is 0 Å². The van der Waals surface area contributed by atoms with Gasteiger partial charge in [-0.05, 0) is 75.3 Å². The van der Waals surface area contributed by atoms with Gasteiger partial charge in [-0.25, -0.2) is 12.8 Å². The third kappa shape index (κ3) is 3.71. The van der Waals surface area contributed by atoms with Crippen molar-refractivity contribution in [2.24, 2.45) is 0 Å². The molecular weight excluding hydrogens is 387 g/mol. The van der Waals surface area contributed by atoms with Gasteiger partial charge in [-0.1, -0.05) is 12.1 Å². The second kappa shape index (κ2) is 7.78. The zero-order valence-corrected chi connectivity index (χ0v) is 16.9. The maximum absolute atomic E-state index is 14.0.